The van der Waals surface area contributed by atoms with Gasteiger partial charge in [-0.15, -0.1) is 0 Å². The van der Waals surface area contributed by atoms with Crippen molar-refractivity contribution in [3.05, 3.63) is 29.8 Å². The summed E-state index contributed by atoms with van der Waals surface area (Å²) in [6.07, 6.45) is 2.44. The van der Waals surface area contributed by atoms with Crippen molar-refractivity contribution in [3.63, 3.8) is 0 Å². The molecule has 4 nitrogen and oxygen atoms in total. The van der Waals surface area contributed by atoms with Gasteiger partial charge in [-0.2, -0.15) is 8.42 Å². The van der Waals surface area contributed by atoms with Crippen LogP contribution in [0.1, 0.15) is 38.7 Å². The van der Waals surface area contributed by atoms with Gasteiger partial charge in [0.1, 0.15) is 0 Å². The quantitative estimate of drug-likeness (QED) is 0.801. The van der Waals surface area contributed by atoms with Crippen molar-refractivity contribution in [3.8, 4) is 0 Å². The average Bonchev–Trinajstić information content (AvgIpc) is 2.27. The number of benzene rings is 1. The van der Waals surface area contributed by atoms with Crippen LogP contribution in [0.4, 0.5) is 0 Å². The van der Waals surface area contributed by atoms with Crippen LogP contribution in [0.3, 0.4) is 0 Å². The molecule has 1 aliphatic rings. The lowest BCUT2D eigenvalue weighted by Crippen LogP contribution is -2.41. The molecule has 0 aliphatic carbocycles. The van der Waals surface area contributed by atoms with Gasteiger partial charge in [0.2, 0.25) is 0 Å². The van der Waals surface area contributed by atoms with Crippen LogP contribution in [0, 0.1) is 6.92 Å². The molecule has 2 rings (SSSR count). The minimum Gasteiger partial charge on any atom is -0.346 e. The van der Waals surface area contributed by atoms with E-state index in [1.807, 2.05) is 13.8 Å². The zero-order valence-electron chi connectivity index (χ0n) is 11.5. The number of rotatable bonds is 3. The second kappa shape index (κ2) is 5.23. The van der Waals surface area contributed by atoms with Crippen molar-refractivity contribution < 1.29 is 17.3 Å². The van der Waals surface area contributed by atoms with Gasteiger partial charge in [0.05, 0.1) is 11.0 Å². The smallest absolute Gasteiger partial charge is 0.299 e. The molecule has 1 aromatic rings. The molecule has 1 aromatic carbocycles. The van der Waals surface area contributed by atoms with Gasteiger partial charge in [-0.05, 0) is 45.7 Å². The third-order valence-electron chi connectivity index (χ3n) is 3.29. The van der Waals surface area contributed by atoms with Crippen molar-refractivity contribution in [1.82, 2.24) is 0 Å². The highest BCUT2D eigenvalue weighted by molar-refractivity contribution is 7.86. The molecule has 0 aromatic heterocycles. The Morgan fingerprint density at radius 2 is 1.95 bits per heavy atom. The summed E-state index contributed by atoms with van der Waals surface area (Å²) in [5.74, 6) is -1.05. The maximum Gasteiger partial charge on any atom is 0.299 e. The summed E-state index contributed by atoms with van der Waals surface area (Å²) in [5.41, 5.74) is 1.01. The first-order valence-corrected chi connectivity index (χ1v) is 7.92. The average molecular weight is 284 g/mol. The standard InChI is InChI=1S/C14H20O4S/c1-11-6-8-13(9-7-11)19(15,16)18-14(3)10-4-5-12(2)17-14/h6-9,12H,4-5,10H2,1-3H3/t12-,14-/m1/s1. The summed E-state index contributed by atoms with van der Waals surface area (Å²) < 4.78 is 35.4. The van der Waals surface area contributed by atoms with Crippen LogP contribution in [-0.2, 0) is 19.0 Å². The first kappa shape index (κ1) is 14.5. The fraction of sp³-hybridized carbons (Fsp3) is 0.571. The molecule has 1 saturated heterocycles. The van der Waals surface area contributed by atoms with Gasteiger partial charge in [-0.25, -0.2) is 4.18 Å². The van der Waals surface area contributed by atoms with Gasteiger partial charge in [0.25, 0.3) is 10.1 Å². The monoisotopic (exact) mass is 284 g/mol. The molecule has 0 radical (unpaired) electrons. The maximum atomic E-state index is 12.2. The fourth-order valence-corrected chi connectivity index (χ4v) is 3.45. The molecule has 19 heavy (non-hydrogen) atoms. The van der Waals surface area contributed by atoms with Gasteiger partial charge in [0.15, 0.2) is 5.79 Å². The molecule has 2 atom stereocenters. The van der Waals surface area contributed by atoms with Gasteiger partial charge in [-0.1, -0.05) is 17.7 Å². The third-order valence-corrected chi connectivity index (χ3v) is 4.71. The number of hydrogen-bond donors (Lipinski definition) is 0. The third kappa shape index (κ3) is 3.55. The van der Waals surface area contributed by atoms with Crippen LogP contribution in [0.2, 0.25) is 0 Å². The van der Waals surface area contributed by atoms with E-state index >= 15 is 0 Å². The summed E-state index contributed by atoms with van der Waals surface area (Å²) in [7, 11) is -3.78. The first-order valence-electron chi connectivity index (χ1n) is 6.51. The van der Waals surface area contributed by atoms with Gasteiger partial charge < -0.3 is 4.74 Å². The van der Waals surface area contributed by atoms with Crippen molar-refractivity contribution in [2.75, 3.05) is 0 Å². The molecule has 1 fully saturated rings. The lowest BCUT2D eigenvalue weighted by Gasteiger charge is -2.36. The molecule has 0 amide bonds. The molecule has 0 bridgehead atoms. The number of aryl methyl sites for hydroxylation is 1. The first-order chi connectivity index (χ1) is 8.81. The van der Waals surface area contributed by atoms with Crippen molar-refractivity contribution in [1.29, 1.82) is 0 Å². The number of ether oxygens (including phenoxy) is 1. The van der Waals surface area contributed by atoms with Crippen LogP contribution >= 0.6 is 0 Å². The predicted octanol–water partition coefficient (Wildman–Crippen LogP) is 3.01. The van der Waals surface area contributed by atoms with Gasteiger partial charge >= 0.3 is 0 Å². The van der Waals surface area contributed by atoms with E-state index in [1.165, 1.54) is 0 Å². The Hall–Kier alpha value is -0.910. The Morgan fingerprint density at radius 3 is 2.53 bits per heavy atom. The van der Waals surface area contributed by atoms with E-state index in [1.54, 1.807) is 31.2 Å². The summed E-state index contributed by atoms with van der Waals surface area (Å²) in [6.45, 7) is 5.53. The highest BCUT2D eigenvalue weighted by atomic mass is 32.2. The Bertz CT molecular complexity index is 535. The second-order valence-corrected chi connectivity index (χ2v) is 6.85. The topological polar surface area (TPSA) is 52.6 Å². The zero-order valence-corrected chi connectivity index (χ0v) is 12.4. The van der Waals surface area contributed by atoms with Crippen molar-refractivity contribution in [2.45, 2.75) is 56.8 Å². The Balaban J connectivity index is 2.19. The maximum absolute atomic E-state index is 12.2. The highest BCUT2D eigenvalue weighted by Crippen LogP contribution is 2.32. The molecule has 1 aliphatic heterocycles. The summed E-state index contributed by atoms with van der Waals surface area (Å²) in [6, 6.07) is 6.62. The minimum atomic E-state index is -3.78. The van der Waals surface area contributed by atoms with Gasteiger partial charge in [-0.3, -0.25) is 0 Å². The Morgan fingerprint density at radius 1 is 1.32 bits per heavy atom. The van der Waals surface area contributed by atoms with Crippen LogP contribution < -0.4 is 0 Å². The van der Waals surface area contributed by atoms with Crippen LogP contribution in [0.5, 0.6) is 0 Å². The van der Waals surface area contributed by atoms with Crippen molar-refractivity contribution in [2.24, 2.45) is 0 Å². The van der Waals surface area contributed by atoms with Crippen LogP contribution in [0.15, 0.2) is 29.2 Å². The fourth-order valence-electron chi connectivity index (χ4n) is 2.30. The molecule has 106 valence electrons. The highest BCUT2D eigenvalue weighted by Gasteiger charge is 2.37. The Kier molecular flexibility index (Phi) is 3.99. The largest absolute Gasteiger partial charge is 0.346 e. The van der Waals surface area contributed by atoms with Crippen LogP contribution in [0.25, 0.3) is 0 Å². The summed E-state index contributed by atoms with van der Waals surface area (Å²) in [5, 5.41) is 0. The Labute approximate surface area is 114 Å². The van der Waals surface area contributed by atoms with Crippen LogP contribution in [-0.4, -0.2) is 20.3 Å². The molecule has 0 saturated carbocycles. The molecular weight excluding hydrogens is 264 g/mol. The second-order valence-electron chi connectivity index (χ2n) is 5.31. The van der Waals surface area contributed by atoms with E-state index in [0.29, 0.717) is 6.42 Å². The van der Waals surface area contributed by atoms with Crippen molar-refractivity contribution >= 4 is 10.1 Å². The summed E-state index contributed by atoms with van der Waals surface area (Å²) >= 11 is 0. The number of hydrogen-bond acceptors (Lipinski definition) is 4. The molecule has 0 N–H and O–H groups in total. The minimum absolute atomic E-state index is 0.0203. The molecule has 0 spiro atoms. The van der Waals surface area contributed by atoms with E-state index in [-0.39, 0.29) is 11.0 Å². The zero-order chi connectivity index (χ0) is 14.1. The van der Waals surface area contributed by atoms with E-state index in [9.17, 15) is 8.42 Å². The lowest BCUT2D eigenvalue weighted by molar-refractivity contribution is -0.217. The molecular formula is C14H20O4S. The van der Waals surface area contributed by atoms with E-state index < -0.39 is 15.9 Å². The van der Waals surface area contributed by atoms with E-state index in [0.717, 1.165) is 18.4 Å². The normalized spacial score (nSPS) is 28.3. The lowest BCUT2D eigenvalue weighted by atomic mass is 10.0. The summed E-state index contributed by atoms with van der Waals surface area (Å²) in [4.78, 5) is 0.168. The molecule has 0 unspecified atom stereocenters. The van der Waals surface area contributed by atoms with Gasteiger partial charge in [0, 0.05) is 6.42 Å². The molecule has 1 heterocycles. The van der Waals surface area contributed by atoms with E-state index in [2.05, 4.69) is 0 Å². The molecule has 5 heteroatoms. The van der Waals surface area contributed by atoms with E-state index in [4.69, 9.17) is 8.92 Å². The predicted molar refractivity (Wildman–Crippen MR) is 72.3 cm³/mol. The SMILES string of the molecule is Cc1ccc(S(=O)(=O)O[C@]2(C)CCC[C@@H](C)O2)cc1.